The van der Waals surface area contributed by atoms with Crippen molar-refractivity contribution < 1.29 is 0 Å². The number of benzene rings is 9. The number of nitrogens with zero attached hydrogens (tertiary/aromatic N) is 4. The normalized spacial score (nSPS) is 12.3. The zero-order valence-corrected chi connectivity index (χ0v) is 36.1. The molecule has 306 valence electrons. The number of fused-ring (bicyclic) bond motifs is 8. The first-order chi connectivity index (χ1) is 32.2. The quantitative estimate of drug-likeness (QED) is 0.167. The molecule has 0 amide bonds. The monoisotopic (exact) mass is 830 g/mol. The summed E-state index contributed by atoms with van der Waals surface area (Å²) in [6, 6.07) is 72.5. The molecule has 4 nitrogen and oxygen atoms in total. The highest BCUT2D eigenvalue weighted by Crippen LogP contribution is 2.42. The number of aryl methyl sites for hydroxylation is 1. The zero-order valence-electron chi connectivity index (χ0n) is 36.1. The second-order valence-corrected chi connectivity index (χ2v) is 17.1. The van der Waals surface area contributed by atoms with Gasteiger partial charge in [0.15, 0.2) is 0 Å². The van der Waals surface area contributed by atoms with Crippen LogP contribution in [0.25, 0.3) is 127 Å². The molecule has 0 N–H and O–H groups in total. The molecule has 0 saturated heterocycles. The molecule has 4 heteroatoms. The van der Waals surface area contributed by atoms with Gasteiger partial charge in [0.2, 0.25) is 5.95 Å². The molecule has 0 fully saturated rings. The lowest BCUT2D eigenvalue weighted by Crippen LogP contribution is -2.05. The van der Waals surface area contributed by atoms with E-state index >= 15 is 0 Å². The molecule has 0 unspecified atom stereocenters. The molecule has 0 aliphatic rings. The fourth-order valence-electron chi connectivity index (χ4n) is 10.7. The van der Waals surface area contributed by atoms with Crippen molar-refractivity contribution in [1.29, 1.82) is 0 Å². The van der Waals surface area contributed by atoms with Crippen LogP contribution in [-0.2, 0) is 6.42 Å². The lowest BCUT2D eigenvalue weighted by molar-refractivity contribution is 1.01. The average molecular weight is 831 g/mol. The molecule has 0 bridgehead atoms. The predicted molar refractivity (Wildman–Crippen MR) is 274 cm³/mol. The first-order valence-electron chi connectivity index (χ1n) is 22.6. The van der Waals surface area contributed by atoms with Gasteiger partial charge in [0, 0.05) is 37.7 Å². The van der Waals surface area contributed by atoms with E-state index in [1.165, 1.54) is 93.0 Å². The summed E-state index contributed by atoms with van der Waals surface area (Å²) in [6.07, 6.45) is 3.23. The van der Waals surface area contributed by atoms with E-state index in [9.17, 15) is 0 Å². The minimum Gasteiger partial charge on any atom is -0.308 e. The Morgan fingerprint density at radius 1 is 0.431 bits per heavy atom. The van der Waals surface area contributed by atoms with E-state index in [2.05, 4.69) is 229 Å². The summed E-state index contributed by atoms with van der Waals surface area (Å²) in [4.78, 5) is 10.7. The van der Waals surface area contributed by atoms with Crippen molar-refractivity contribution in [3.8, 4) is 50.6 Å². The fraction of sp³-hybridized carbons (Fsp3) is 0.0492. The number of aromatic nitrogens is 4. The van der Waals surface area contributed by atoms with Crippen LogP contribution < -0.4 is 5.22 Å². The van der Waals surface area contributed by atoms with Gasteiger partial charge in [-0.3, -0.25) is 4.57 Å². The summed E-state index contributed by atoms with van der Waals surface area (Å²) in [6.45, 7) is 4.48. The van der Waals surface area contributed by atoms with E-state index in [1.54, 1.807) is 0 Å². The Morgan fingerprint density at radius 2 is 1.02 bits per heavy atom. The molecule has 13 aromatic rings. The van der Waals surface area contributed by atoms with Crippen LogP contribution in [-0.4, -0.2) is 18.9 Å². The Labute approximate surface area is 376 Å². The van der Waals surface area contributed by atoms with Crippen LogP contribution in [0.1, 0.15) is 19.4 Å². The molecule has 9 aromatic carbocycles. The Morgan fingerprint density at radius 3 is 1.80 bits per heavy atom. The van der Waals surface area contributed by atoms with Crippen molar-refractivity contribution in [3.05, 3.63) is 211 Å². The van der Waals surface area contributed by atoms with Gasteiger partial charge in [0.1, 0.15) is 0 Å². The van der Waals surface area contributed by atoms with Crippen molar-refractivity contribution in [3.63, 3.8) is 0 Å². The van der Waals surface area contributed by atoms with E-state index < -0.39 is 0 Å². The Balaban J connectivity index is 0.998. The molecule has 4 heterocycles. The topological polar surface area (TPSA) is 35.1 Å². The summed E-state index contributed by atoms with van der Waals surface area (Å²) in [5.74, 6) is 0.656. The van der Waals surface area contributed by atoms with Gasteiger partial charge >= 0.3 is 0 Å². The third kappa shape index (κ3) is 5.63. The molecule has 0 saturated carbocycles. The highest BCUT2D eigenvalue weighted by Gasteiger charge is 2.22. The molecule has 0 spiro atoms. The number of hydrogen-bond donors (Lipinski definition) is 0. The Bertz CT molecular complexity index is 4080. The number of pyridine rings is 1. The predicted octanol–water partition coefficient (Wildman–Crippen LogP) is 15.2. The Hall–Kier alpha value is -8.34. The molecule has 4 aromatic heterocycles. The summed E-state index contributed by atoms with van der Waals surface area (Å²) in [7, 11) is 0. The maximum absolute atomic E-state index is 5.40. The Kier molecular flexibility index (Phi) is 8.37. The maximum Gasteiger partial charge on any atom is 0.235 e. The van der Waals surface area contributed by atoms with Crippen LogP contribution in [0.15, 0.2) is 200 Å². The van der Waals surface area contributed by atoms with Crippen LogP contribution in [0.3, 0.4) is 0 Å². The standard InChI is InChI=1S/C61H42N4/c1-3-44-48-22-15-23-49-46(32-35-57(58(48)49)64-55-33-30-42(39-18-9-6-10-19-39)36-51(55)45(4-2)60(44)64)43-31-34-56-52(37-43)47-20-12-14-25-54(47)65(56)61-62-53-24-13-11-21-50(53)59(63-61)41-28-26-40(27-29-41)38-16-7-5-8-17-38/h4-37H,3H2,1-2H3/b45-4-. The second-order valence-electron chi connectivity index (χ2n) is 17.1. The smallest absolute Gasteiger partial charge is 0.235 e. The number of para-hydroxylation sites is 2. The van der Waals surface area contributed by atoms with Crippen LogP contribution in [0.5, 0.6) is 0 Å². The van der Waals surface area contributed by atoms with Gasteiger partial charge in [-0.2, -0.15) is 0 Å². The van der Waals surface area contributed by atoms with Crippen molar-refractivity contribution >= 4 is 76.9 Å². The molecular formula is C61H42N4. The summed E-state index contributed by atoms with van der Waals surface area (Å²) >= 11 is 0. The molecule has 13 rings (SSSR count). The summed E-state index contributed by atoms with van der Waals surface area (Å²) in [5.41, 5.74) is 17.4. The molecule has 0 radical (unpaired) electrons. The molecule has 65 heavy (non-hydrogen) atoms. The minimum atomic E-state index is 0.656. The molecule has 0 aliphatic carbocycles. The van der Waals surface area contributed by atoms with Crippen LogP contribution in [0.2, 0.25) is 0 Å². The summed E-state index contributed by atoms with van der Waals surface area (Å²) < 4.78 is 4.77. The van der Waals surface area contributed by atoms with E-state index in [-0.39, 0.29) is 0 Å². The van der Waals surface area contributed by atoms with Crippen LogP contribution >= 0.6 is 0 Å². The van der Waals surface area contributed by atoms with Crippen molar-refractivity contribution in [2.45, 2.75) is 20.3 Å². The molecular weight excluding hydrogens is 789 g/mol. The lowest BCUT2D eigenvalue weighted by atomic mass is 9.92. The van der Waals surface area contributed by atoms with Crippen LogP contribution in [0, 0.1) is 0 Å². The first kappa shape index (κ1) is 37.2. The van der Waals surface area contributed by atoms with Gasteiger partial charge in [-0.05, 0) is 106 Å². The van der Waals surface area contributed by atoms with Crippen molar-refractivity contribution in [2.75, 3.05) is 0 Å². The SMILES string of the molecule is C/C=c1/c2cc(-c3ccccc3)ccc2n2c1c(CC)c1cccc3c(-c4ccc5c(c4)c4ccccc4n5-c4nc(-c5ccc(-c6ccccc6)cc5)c5ccccc5n4)ccc2c31. The van der Waals surface area contributed by atoms with Crippen molar-refractivity contribution in [1.82, 2.24) is 18.9 Å². The minimum absolute atomic E-state index is 0.656. The van der Waals surface area contributed by atoms with Gasteiger partial charge in [0.05, 0.1) is 38.8 Å². The first-order valence-corrected chi connectivity index (χ1v) is 22.6. The van der Waals surface area contributed by atoms with Gasteiger partial charge in [0.25, 0.3) is 0 Å². The number of hydrogen-bond acceptors (Lipinski definition) is 2. The molecule has 0 atom stereocenters. The lowest BCUT2D eigenvalue weighted by Gasteiger charge is -2.17. The highest BCUT2D eigenvalue weighted by molar-refractivity contribution is 6.19. The zero-order chi connectivity index (χ0) is 43.2. The fourth-order valence-corrected chi connectivity index (χ4v) is 10.7. The van der Waals surface area contributed by atoms with Gasteiger partial charge in [-0.15, -0.1) is 0 Å². The highest BCUT2D eigenvalue weighted by atomic mass is 15.2. The number of rotatable bonds is 6. The second kappa shape index (κ2) is 14.6. The largest absolute Gasteiger partial charge is 0.308 e. The summed E-state index contributed by atoms with van der Waals surface area (Å²) in [5, 5.41) is 9.82. The van der Waals surface area contributed by atoms with Gasteiger partial charge in [-0.25, -0.2) is 9.97 Å². The average Bonchev–Trinajstić information content (AvgIpc) is 3.89. The third-order valence-electron chi connectivity index (χ3n) is 13.7. The van der Waals surface area contributed by atoms with E-state index in [1.807, 2.05) is 0 Å². The van der Waals surface area contributed by atoms with Gasteiger partial charge < -0.3 is 4.40 Å². The van der Waals surface area contributed by atoms with E-state index in [0.717, 1.165) is 39.6 Å². The van der Waals surface area contributed by atoms with Crippen molar-refractivity contribution in [2.24, 2.45) is 0 Å². The third-order valence-corrected chi connectivity index (χ3v) is 13.7. The van der Waals surface area contributed by atoms with Gasteiger partial charge in [-0.1, -0.05) is 171 Å². The van der Waals surface area contributed by atoms with Crippen LogP contribution in [0.4, 0.5) is 0 Å². The van der Waals surface area contributed by atoms with E-state index in [4.69, 9.17) is 9.97 Å². The van der Waals surface area contributed by atoms with E-state index in [0.29, 0.717) is 5.95 Å². The molecule has 0 aliphatic heterocycles. The maximum atomic E-state index is 5.40.